The van der Waals surface area contributed by atoms with Gasteiger partial charge in [0.15, 0.2) is 11.5 Å². The van der Waals surface area contributed by atoms with Crippen molar-refractivity contribution >= 4 is 50.8 Å². The van der Waals surface area contributed by atoms with Gasteiger partial charge in [0.2, 0.25) is 0 Å². The summed E-state index contributed by atoms with van der Waals surface area (Å²) in [5.74, 6) is 0.184. The van der Waals surface area contributed by atoms with Gasteiger partial charge in [0.25, 0.3) is 0 Å². The van der Waals surface area contributed by atoms with E-state index in [4.69, 9.17) is 37.8 Å². The van der Waals surface area contributed by atoms with Gasteiger partial charge in [-0.3, -0.25) is 0 Å². The molecule has 2 N–H and O–H groups in total. The molecule has 0 amide bonds. The molecule has 0 aromatic heterocycles. The SMILES string of the molecule is CCOc1cc(CNc2ccc(C(=O)O)c(Cl)c2)c(Br)cc1OCc1cccc(Cl)c1. The normalized spacial score (nSPS) is 10.6. The van der Waals surface area contributed by atoms with Crippen LogP contribution in [0.25, 0.3) is 0 Å². The van der Waals surface area contributed by atoms with Crippen LogP contribution in [-0.2, 0) is 13.2 Å². The fourth-order valence-electron chi connectivity index (χ4n) is 2.88. The number of rotatable bonds is 9. The van der Waals surface area contributed by atoms with E-state index in [2.05, 4.69) is 21.2 Å². The Labute approximate surface area is 199 Å². The molecule has 3 aromatic carbocycles. The summed E-state index contributed by atoms with van der Waals surface area (Å²) >= 11 is 15.7. The van der Waals surface area contributed by atoms with E-state index in [0.717, 1.165) is 15.6 Å². The predicted octanol–water partition coefficient (Wildman–Crippen LogP) is 7.04. The quantitative estimate of drug-likeness (QED) is 0.314. The van der Waals surface area contributed by atoms with E-state index >= 15 is 0 Å². The third kappa shape index (κ3) is 6.29. The van der Waals surface area contributed by atoms with Crippen LogP contribution in [0.5, 0.6) is 11.5 Å². The Bertz CT molecular complexity index is 1090. The van der Waals surface area contributed by atoms with E-state index in [0.29, 0.717) is 42.0 Å². The number of carboxylic acid groups (broad SMARTS) is 1. The van der Waals surface area contributed by atoms with Crippen LogP contribution < -0.4 is 14.8 Å². The lowest BCUT2D eigenvalue weighted by molar-refractivity contribution is 0.0697. The summed E-state index contributed by atoms with van der Waals surface area (Å²) in [4.78, 5) is 11.1. The molecule has 8 heteroatoms. The molecule has 0 unspecified atom stereocenters. The lowest BCUT2D eigenvalue weighted by Gasteiger charge is -2.16. The van der Waals surface area contributed by atoms with Crippen LogP contribution in [0.15, 0.2) is 59.1 Å². The van der Waals surface area contributed by atoms with E-state index in [-0.39, 0.29) is 10.6 Å². The molecule has 0 fully saturated rings. The first-order valence-electron chi connectivity index (χ1n) is 9.46. The third-order valence-corrected chi connectivity index (χ3v) is 5.66. The van der Waals surface area contributed by atoms with Gasteiger partial charge in [0.1, 0.15) is 6.61 Å². The number of ether oxygens (including phenoxy) is 2. The molecule has 162 valence electrons. The summed E-state index contributed by atoms with van der Waals surface area (Å²) < 4.78 is 12.6. The van der Waals surface area contributed by atoms with Gasteiger partial charge in [-0.1, -0.05) is 51.3 Å². The molecule has 0 saturated heterocycles. The van der Waals surface area contributed by atoms with Gasteiger partial charge in [-0.25, -0.2) is 4.79 Å². The summed E-state index contributed by atoms with van der Waals surface area (Å²) in [7, 11) is 0. The smallest absolute Gasteiger partial charge is 0.337 e. The number of hydrogen-bond donors (Lipinski definition) is 2. The van der Waals surface area contributed by atoms with Crippen molar-refractivity contribution in [3.8, 4) is 11.5 Å². The van der Waals surface area contributed by atoms with Crippen LogP contribution in [0.4, 0.5) is 5.69 Å². The van der Waals surface area contributed by atoms with Gasteiger partial charge >= 0.3 is 5.97 Å². The highest BCUT2D eigenvalue weighted by Crippen LogP contribution is 2.35. The van der Waals surface area contributed by atoms with Crippen LogP contribution >= 0.6 is 39.1 Å². The number of anilines is 1. The Morgan fingerprint density at radius 3 is 2.52 bits per heavy atom. The second kappa shape index (κ2) is 10.8. The monoisotopic (exact) mass is 523 g/mol. The van der Waals surface area contributed by atoms with E-state index in [9.17, 15) is 4.79 Å². The van der Waals surface area contributed by atoms with E-state index in [1.54, 1.807) is 12.1 Å². The first-order valence-corrected chi connectivity index (χ1v) is 11.0. The van der Waals surface area contributed by atoms with Crippen LogP contribution in [0.1, 0.15) is 28.4 Å². The van der Waals surface area contributed by atoms with Crippen molar-refractivity contribution in [1.82, 2.24) is 0 Å². The lowest BCUT2D eigenvalue weighted by Crippen LogP contribution is -2.05. The molecular weight excluding hydrogens is 505 g/mol. The van der Waals surface area contributed by atoms with Gasteiger partial charge < -0.3 is 19.9 Å². The number of nitrogens with one attached hydrogen (secondary N) is 1. The van der Waals surface area contributed by atoms with Crippen molar-refractivity contribution in [2.45, 2.75) is 20.1 Å². The zero-order valence-corrected chi connectivity index (χ0v) is 19.7. The Hall–Kier alpha value is -2.41. The Morgan fingerprint density at radius 1 is 1.06 bits per heavy atom. The molecular formula is C23H20BrCl2NO4. The summed E-state index contributed by atoms with van der Waals surface area (Å²) in [6, 6.07) is 16.0. The van der Waals surface area contributed by atoms with Gasteiger partial charge in [-0.2, -0.15) is 0 Å². The van der Waals surface area contributed by atoms with Crippen LogP contribution in [-0.4, -0.2) is 17.7 Å². The van der Waals surface area contributed by atoms with Crippen molar-refractivity contribution in [3.05, 3.63) is 85.8 Å². The fourth-order valence-corrected chi connectivity index (χ4v) is 3.81. The van der Waals surface area contributed by atoms with Crippen molar-refractivity contribution in [3.63, 3.8) is 0 Å². The van der Waals surface area contributed by atoms with Crippen molar-refractivity contribution in [2.24, 2.45) is 0 Å². The largest absolute Gasteiger partial charge is 0.490 e. The van der Waals surface area contributed by atoms with Crippen molar-refractivity contribution < 1.29 is 19.4 Å². The molecule has 0 spiro atoms. The first-order chi connectivity index (χ1) is 14.9. The van der Waals surface area contributed by atoms with E-state index in [1.807, 2.05) is 43.3 Å². The molecule has 0 atom stereocenters. The minimum absolute atomic E-state index is 0.0632. The zero-order valence-electron chi connectivity index (χ0n) is 16.6. The maximum Gasteiger partial charge on any atom is 0.337 e. The fraction of sp³-hybridized carbons (Fsp3) is 0.174. The maximum atomic E-state index is 11.1. The highest BCUT2D eigenvalue weighted by molar-refractivity contribution is 9.10. The Balaban J connectivity index is 1.74. The summed E-state index contributed by atoms with van der Waals surface area (Å²) in [6.07, 6.45) is 0. The van der Waals surface area contributed by atoms with Gasteiger partial charge in [0.05, 0.1) is 17.2 Å². The second-order valence-electron chi connectivity index (χ2n) is 6.60. The molecule has 31 heavy (non-hydrogen) atoms. The molecule has 5 nitrogen and oxygen atoms in total. The minimum Gasteiger partial charge on any atom is -0.490 e. The third-order valence-electron chi connectivity index (χ3n) is 4.38. The lowest BCUT2D eigenvalue weighted by atomic mass is 10.1. The average Bonchev–Trinajstić information content (AvgIpc) is 2.72. The highest BCUT2D eigenvalue weighted by Gasteiger charge is 2.13. The maximum absolute atomic E-state index is 11.1. The number of hydrogen-bond acceptors (Lipinski definition) is 4. The summed E-state index contributed by atoms with van der Waals surface area (Å²) in [5, 5.41) is 13.2. The van der Waals surface area contributed by atoms with E-state index < -0.39 is 5.97 Å². The summed E-state index contributed by atoms with van der Waals surface area (Å²) in [6.45, 7) is 3.23. The van der Waals surface area contributed by atoms with Crippen molar-refractivity contribution in [1.29, 1.82) is 0 Å². The molecule has 0 radical (unpaired) electrons. The standard InChI is InChI=1S/C23H20BrCl2NO4/c1-2-30-21-9-15(12-27-17-6-7-18(23(28)29)20(26)10-17)19(24)11-22(21)31-13-14-4-3-5-16(25)8-14/h3-11,27H,2,12-13H2,1H3,(H,28,29). The Morgan fingerprint density at radius 2 is 1.84 bits per heavy atom. The molecule has 0 aliphatic heterocycles. The van der Waals surface area contributed by atoms with Gasteiger partial charge in [-0.05, 0) is 60.5 Å². The summed E-state index contributed by atoms with van der Waals surface area (Å²) in [5.41, 5.74) is 2.67. The first kappa shape index (κ1) is 23.3. The highest BCUT2D eigenvalue weighted by atomic mass is 79.9. The van der Waals surface area contributed by atoms with Gasteiger partial charge in [0, 0.05) is 21.7 Å². The van der Waals surface area contributed by atoms with Crippen molar-refractivity contribution in [2.75, 3.05) is 11.9 Å². The average molecular weight is 525 g/mol. The molecule has 3 aromatic rings. The molecule has 0 heterocycles. The number of carboxylic acids is 1. The number of carbonyl (C=O) groups is 1. The molecule has 0 aliphatic carbocycles. The van der Waals surface area contributed by atoms with E-state index in [1.165, 1.54) is 6.07 Å². The topological polar surface area (TPSA) is 67.8 Å². The zero-order chi connectivity index (χ0) is 22.4. The molecule has 0 aliphatic rings. The minimum atomic E-state index is -1.06. The molecule has 3 rings (SSSR count). The van der Waals surface area contributed by atoms with Crippen LogP contribution in [0.3, 0.4) is 0 Å². The second-order valence-corrected chi connectivity index (χ2v) is 8.29. The number of benzene rings is 3. The number of aromatic carboxylic acids is 1. The Kier molecular flexibility index (Phi) is 8.07. The molecule has 0 bridgehead atoms. The van der Waals surface area contributed by atoms with Gasteiger partial charge in [-0.15, -0.1) is 0 Å². The predicted molar refractivity (Wildman–Crippen MR) is 127 cm³/mol. The van der Waals surface area contributed by atoms with Crippen LogP contribution in [0.2, 0.25) is 10.0 Å². The molecule has 0 saturated carbocycles. The number of halogens is 3. The van der Waals surface area contributed by atoms with Crippen LogP contribution in [0, 0.1) is 0 Å².